The van der Waals surface area contributed by atoms with Gasteiger partial charge in [0.1, 0.15) is 8.07 Å². The first kappa shape index (κ1) is 15.1. The van der Waals surface area contributed by atoms with Crippen LogP contribution in [0.15, 0.2) is 88.7 Å². The normalized spacial score (nSPS) is 11.4. The molecule has 0 saturated carbocycles. The van der Waals surface area contributed by atoms with Crippen molar-refractivity contribution < 1.29 is 0 Å². The van der Waals surface area contributed by atoms with Crippen LogP contribution < -0.4 is 10.4 Å². The van der Waals surface area contributed by atoms with Gasteiger partial charge < -0.3 is 0 Å². The van der Waals surface area contributed by atoms with E-state index in [1.165, 1.54) is 20.2 Å². The molecule has 2 heteroatoms. The fourth-order valence-corrected chi connectivity index (χ4v) is 6.86. The minimum absolute atomic E-state index is 1.26. The van der Waals surface area contributed by atoms with E-state index in [0.717, 1.165) is 0 Å². The summed E-state index contributed by atoms with van der Waals surface area (Å²) in [6, 6.07) is 31.3. The zero-order chi connectivity index (χ0) is 15.4. The summed E-state index contributed by atoms with van der Waals surface area (Å²) in [6.45, 7) is 4.83. The fourth-order valence-electron chi connectivity index (χ4n) is 2.61. The molecule has 0 nitrogen and oxygen atoms in total. The van der Waals surface area contributed by atoms with Gasteiger partial charge >= 0.3 is 0 Å². The molecule has 0 bridgehead atoms. The lowest BCUT2D eigenvalue weighted by Gasteiger charge is -2.26. The van der Waals surface area contributed by atoms with E-state index in [-0.39, 0.29) is 0 Å². The van der Waals surface area contributed by atoms with Crippen LogP contribution in [0.3, 0.4) is 0 Å². The minimum Gasteiger partial charge on any atom is -0.0896 e. The van der Waals surface area contributed by atoms with Crippen LogP contribution in [0, 0.1) is 6.07 Å². The molecule has 3 aromatic rings. The number of rotatable bonds is 4. The Morgan fingerprint density at radius 2 is 1.41 bits per heavy atom. The Bertz CT molecular complexity index is 736. The van der Waals surface area contributed by atoms with E-state index in [0.29, 0.717) is 0 Å². The van der Waals surface area contributed by atoms with E-state index < -0.39 is 8.07 Å². The van der Waals surface area contributed by atoms with Crippen LogP contribution in [0.5, 0.6) is 0 Å². The highest BCUT2D eigenvalue weighted by Crippen LogP contribution is 2.27. The first-order valence-electron chi connectivity index (χ1n) is 7.47. The maximum atomic E-state index is 3.46. The van der Waals surface area contributed by atoms with Gasteiger partial charge in [0.15, 0.2) is 0 Å². The molecule has 3 rings (SSSR count). The van der Waals surface area contributed by atoms with Crippen molar-refractivity contribution >= 4 is 30.2 Å². The molecule has 0 atom stereocenters. The fraction of sp³-hybridized carbons (Fsp3) is 0.100. The van der Waals surface area contributed by atoms with Crippen LogP contribution in [0.2, 0.25) is 13.1 Å². The average Bonchev–Trinajstić information content (AvgIpc) is 2.57. The molecule has 22 heavy (non-hydrogen) atoms. The molecule has 0 amide bonds. The number of benzene rings is 3. The summed E-state index contributed by atoms with van der Waals surface area (Å²) in [7, 11) is -1.71. The highest BCUT2D eigenvalue weighted by molar-refractivity contribution is 7.99. The van der Waals surface area contributed by atoms with Gasteiger partial charge in [0.2, 0.25) is 0 Å². The summed E-state index contributed by atoms with van der Waals surface area (Å²) in [6.07, 6.45) is 0. The molecule has 0 spiro atoms. The van der Waals surface area contributed by atoms with Crippen LogP contribution >= 0.6 is 11.8 Å². The van der Waals surface area contributed by atoms with E-state index in [4.69, 9.17) is 0 Å². The molecule has 0 fully saturated rings. The molecule has 0 heterocycles. The summed E-state index contributed by atoms with van der Waals surface area (Å²) in [5.74, 6) is 0. The minimum atomic E-state index is -1.71. The third-order valence-electron chi connectivity index (χ3n) is 3.95. The van der Waals surface area contributed by atoms with Crippen molar-refractivity contribution in [2.45, 2.75) is 22.9 Å². The van der Waals surface area contributed by atoms with Gasteiger partial charge in [-0.2, -0.15) is 0 Å². The van der Waals surface area contributed by atoms with Gasteiger partial charge in [-0.05, 0) is 23.4 Å². The van der Waals surface area contributed by atoms with Crippen LogP contribution in [-0.4, -0.2) is 8.07 Å². The van der Waals surface area contributed by atoms with E-state index in [9.17, 15) is 0 Å². The molecule has 0 N–H and O–H groups in total. The van der Waals surface area contributed by atoms with Crippen molar-refractivity contribution in [1.82, 2.24) is 0 Å². The van der Waals surface area contributed by atoms with E-state index in [1.807, 2.05) is 17.8 Å². The molecule has 3 aromatic carbocycles. The van der Waals surface area contributed by atoms with Crippen LogP contribution in [0.4, 0.5) is 0 Å². The second-order valence-corrected chi connectivity index (χ2v) is 11.3. The monoisotopic (exact) mass is 319 g/mol. The van der Waals surface area contributed by atoms with E-state index in [2.05, 4.69) is 92.0 Å². The summed E-state index contributed by atoms with van der Waals surface area (Å²) in [5, 5.41) is 2.92. The van der Waals surface area contributed by atoms with Gasteiger partial charge in [-0.25, -0.2) is 0 Å². The van der Waals surface area contributed by atoms with Gasteiger partial charge in [0.25, 0.3) is 0 Å². The first-order chi connectivity index (χ1) is 10.7. The predicted octanol–water partition coefficient (Wildman–Crippen LogP) is 4.46. The van der Waals surface area contributed by atoms with E-state index >= 15 is 0 Å². The summed E-state index contributed by atoms with van der Waals surface area (Å²) in [5.41, 5.74) is 0. The number of hydrogen-bond acceptors (Lipinski definition) is 1. The maximum absolute atomic E-state index is 3.46. The largest absolute Gasteiger partial charge is 0.113 e. The molecule has 0 aliphatic carbocycles. The van der Waals surface area contributed by atoms with Crippen molar-refractivity contribution in [1.29, 1.82) is 0 Å². The van der Waals surface area contributed by atoms with Crippen LogP contribution in [-0.2, 0) is 0 Å². The van der Waals surface area contributed by atoms with Gasteiger partial charge in [-0.3, -0.25) is 0 Å². The van der Waals surface area contributed by atoms with Gasteiger partial charge in [-0.15, -0.1) is 0 Å². The summed E-state index contributed by atoms with van der Waals surface area (Å²) in [4.78, 5) is 2.53. The Hall–Kier alpha value is -1.77. The summed E-state index contributed by atoms with van der Waals surface area (Å²) < 4.78 is 0. The highest BCUT2D eigenvalue weighted by atomic mass is 32.2. The van der Waals surface area contributed by atoms with Crippen molar-refractivity contribution in [2.75, 3.05) is 0 Å². The van der Waals surface area contributed by atoms with Crippen LogP contribution in [0.25, 0.3) is 0 Å². The molecule has 0 saturated heterocycles. The molecular formula is C20H19SSi. The van der Waals surface area contributed by atoms with Crippen LogP contribution in [0.1, 0.15) is 0 Å². The molecule has 0 aromatic heterocycles. The van der Waals surface area contributed by atoms with Crippen molar-refractivity contribution in [2.24, 2.45) is 0 Å². The maximum Gasteiger partial charge on any atom is 0.113 e. The Morgan fingerprint density at radius 1 is 0.773 bits per heavy atom. The molecule has 109 valence electrons. The quantitative estimate of drug-likeness (QED) is 0.640. The third-order valence-corrected chi connectivity index (χ3v) is 8.72. The molecule has 0 aliphatic rings. The van der Waals surface area contributed by atoms with Gasteiger partial charge in [0.05, 0.1) is 0 Å². The first-order valence-corrected chi connectivity index (χ1v) is 11.3. The zero-order valence-electron chi connectivity index (χ0n) is 12.9. The third kappa shape index (κ3) is 3.18. The Kier molecular flexibility index (Phi) is 4.51. The molecular weight excluding hydrogens is 300 g/mol. The number of hydrogen-bond donors (Lipinski definition) is 0. The summed E-state index contributed by atoms with van der Waals surface area (Å²) >= 11 is 1.81. The van der Waals surface area contributed by atoms with Crippen molar-refractivity contribution in [3.8, 4) is 0 Å². The lowest BCUT2D eigenvalue weighted by molar-refractivity contribution is 1.41. The van der Waals surface area contributed by atoms with E-state index in [1.54, 1.807) is 0 Å². The SMILES string of the molecule is C[Si](C)(c1ccccc1)c1ccc[c]c1Sc1ccccc1. The predicted molar refractivity (Wildman–Crippen MR) is 99.0 cm³/mol. The average molecular weight is 320 g/mol. The molecule has 0 aliphatic heterocycles. The standard InChI is InChI=1S/C20H19SSi/c1-22(2,18-13-7-4-8-14-18)20-16-10-9-15-19(20)21-17-11-5-3-6-12-17/h3-14,16H,1-2H3. The Labute approximate surface area is 138 Å². The van der Waals surface area contributed by atoms with Gasteiger partial charge in [0, 0.05) is 9.79 Å². The Balaban J connectivity index is 2.01. The lowest BCUT2D eigenvalue weighted by Crippen LogP contribution is -2.53. The molecule has 1 radical (unpaired) electrons. The van der Waals surface area contributed by atoms with Gasteiger partial charge in [-0.1, -0.05) is 96.8 Å². The zero-order valence-corrected chi connectivity index (χ0v) is 14.7. The van der Waals surface area contributed by atoms with Crippen molar-refractivity contribution in [3.05, 3.63) is 84.9 Å². The molecule has 0 unspecified atom stereocenters. The topological polar surface area (TPSA) is 0 Å². The lowest BCUT2D eigenvalue weighted by atomic mass is 10.4. The smallest absolute Gasteiger partial charge is 0.0896 e. The second-order valence-electron chi connectivity index (χ2n) is 5.82. The van der Waals surface area contributed by atoms with Crippen molar-refractivity contribution in [3.63, 3.8) is 0 Å². The Morgan fingerprint density at radius 3 is 2.09 bits per heavy atom. The highest BCUT2D eigenvalue weighted by Gasteiger charge is 2.28. The second kappa shape index (κ2) is 6.55.